The highest BCUT2D eigenvalue weighted by Gasteiger charge is 2.29. The highest BCUT2D eigenvalue weighted by Crippen LogP contribution is 2.46. The molecule has 2 heterocycles. The zero-order valence-corrected chi connectivity index (χ0v) is 32.5. The molecule has 4 heteroatoms. The number of fused-ring (bicyclic) bond motifs is 1. The minimum atomic E-state index is -4.31. The average Bonchev–Trinajstić information content (AvgIpc) is 1.19. The third-order valence-corrected chi connectivity index (χ3v) is 10.0. The maximum atomic E-state index is 13.0. The molecule has 6 aromatic carbocycles. The van der Waals surface area contributed by atoms with Gasteiger partial charge in [0.1, 0.15) is 11.6 Å². The Morgan fingerprint density at radius 2 is 1.32 bits per heavy atom. The molecule has 0 aliphatic carbocycles. The van der Waals surface area contributed by atoms with Crippen LogP contribution in [0.5, 0.6) is 5.75 Å². The molecule has 0 atom stereocenters. The molecule has 0 radical (unpaired) electrons. The minimum absolute atomic E-state index is 0.0143. The number of phenolic OH excluding ortho intramolecular Hbond substituents is 1. The number of nitrogens with zero attached hydrogens (tertiary/aromatic N) is 3. The highest BCUT2D eigenvalue weighted by molar-refractivity contribution is 5.98. The Kier molecular flexibility index (Phi) is 4.47. The lowest BCUT2D eigenvalue weighted by molar-refractivity contribution is 0.446. The van der Waals surface area contributed by atoms with Crippen molar-refractivity contribution in [3.63, 3.8) is 0 Å². The highest BCUT2D eigenvalue weighted by atomic mass is 16.3. The lowest BCUT2D eigenvalue weighted by Crippen LogP contribution is -2.17. The van der Waals surface area contributed by atoms with Crippen LogP contribution in [0.15, 0.2) is 139 Å². The number of rotatable bonds is 6. The second-order valence-electron chi connectivity index (χ2n) is 15.5. The molecule has 1 N–H and O–H groups in total. The summed E-state index contributed by atoms with van der Waals surface area (Å²) >= 11 is 0. The van der Waals surface area contributed by atoms with Crippen molar-refractivity contribution in [2.45, 2.75) is 91.8 Å². The molecule has 2 aromatic heterocycles. The molecule has 60 heavy (non-hydrogen) atoms. The van der Waals surface area contributed by atoms with Crippen LogP contribution in [-0.4, -0.2) is 19.6 Å². The van der Waals surface area contributed by atoms with Crippen molar-refractivity contribution < 1.29 is 47.6 Å². The molecule has 0 bridgehead atoms. The van der Waals surface area contributed by atoms with E-state index in [2.05, 4.69) is 4.98 Å². The van der Waals surface area contributed by atoms with Gasteiger partial charge in [0.15, 0.2) is 0 Å². The summed E-state index contributed by atoms with van der Waals surface area (Å²) in [4.78, 5) is 9.29. The Bertz CT molecular complexity index is 4090. The predicted octanol–water partition coefficient (Wildman–Crippen LogP) is 15.0. The molecule has 0 aliphatic rings. The first kappa shape index (κ1) is 17.8. The number of benzene rings is 6. The van der Waals surface area contributed by atoms with Crippen molar-refractivity contribution >= 4 is 11.0 Å². The zero-order chi connectivity index (χ0) is 68.8. The first-order valence-electron chi connectivity index (χ1n) is 34.1. The standard InChI is InChI=1S/C56H57N3O/c1-35-20-23-37(24-21-35)39-26-27-57-48(32-39)41-29-40(30-42(31-41)54(3,4)5)44-18-15-19-50-51(44)58-53(46-33-43(55(6,7)8)34-47(52(46)60)56(9,10)11)59(50)49-25-22-36(2)28-45(49)38-16-13-12-14-17-38/h12-34,60H,1-11H3/i1D3,2D3,6D3,7D3,8D3,9D3,10D3,11D3,20D,21D,23D,24D,26D,27D,32D. The van der Waals surface area contributed by atoms with E-state index in [9.17, 15) is 6.48 Å². The molecule has 0 fully saturated rings. The maximum absolute atomic E-state index is 13.0. The average molecular weight is 819 g/mol. The quantitative estimate of drug-likeness (QED) is 0.182. The Morgan fingerprint density at radius 3 is 2.03 bits per heavy atom. The molecule has 302 valence electrons. The molecule has 0 saturated heterocycles. The van der Waals surface area contributed by atoms with Crippen LogP contribution in [0.4, 0.5) is 0 Å². The number of imidazole rings is 1. The number of aromatic hydroxyl groups is 1. The van der Waals surface area contributed by atoms with E-state index in [0.717, 1.165) is 0 Å². The van der Waals surface area contributed by atoms with Crippen molar-refractivity contribution in [2.75, 3.05) is 0 Å². The number of aromatic nitrogens is 3. The van der Waals surface area contributed by atoms with Crippen LogP contribution in [0.25, 0.3) is 72.7 Å². The van der Waals surface area contributed by atoms with Crippen LogP contribution in [-0.2, 0) is 16.2 Å². The van der Waals surface area contributed by atoms with Crippen LogP contribution < -0.4 is 0 Å². The van der Waals surface area contributed by atoms with Gasteiger partial charge in [-0.1, -0.05) is 158 Å². The van der Waals surface area contributed by atoms with E-state index in [1.54, 1.807) is 63.2 Å². The third kappa shape index (κ3) is 7.79. The summed E-state index contributed by atoms with van der Waals surface area (Å²) in [5.41, 5.74) is -15.4. The summed E-state index contributed by atoms with van der Waals surface area (Å²) in [6.07, 6.45) is -0.815. The number of aryl methyl sites for hydroxylation is 1. The monoisotopic (exact) mass is 819 g/mol. The van der Waals surface area contributed by atoms with Gasteiger partial charge in [-0.25, -0.2) is 4.98 Å². The van der Waals surface area contributed by atoms with E-state index in [1.165, 1.54) is 47.0 Å². The van der Waals surface area contributed by atoms with Crippen molar-refractivity contribution in [1.82, 2.24) is 14.5 Å². The van der Waals surface area contributed by atoms with Gasteiger partial charge >= 0.3 is 0 Å². The van der Waals surface area contributed by atoms with Crippen LogP contribution in [0.1, 0.15) is 132 Å². The predicted molar refractivity (Wildman–Crippen MR) is 253 cm³/mol. The van der Waals surface area contributed by atoms with E-state index < -0.39 is 158 Å². The Labute approximate surface area is 400 Å². The summed E-state index contributed by atoms with van der Waals surface area (Å²) in [7, 11) is 0. The van der Waals surface area contributed by atoms with E-state index in [0.29, 0.717) is 17.2 Å². The van der Waals surface area contributed by atoms with Gasteiger partial charge in [0, 0.05) is 61.3 Å². The third-order valence-electron chi connectivity index (χ3n) is 10.0. The molecule has 8 rings (SSSR count). The number of hydrogen-bond donors (Lipinski definition) is 1. The van der Waals surface area contributed by atoms with Crippen LogP contribution in [0.3, 0.4) is 0 Å². The van der Waals surface area contributed by atoms with Gasteiger partial charge in [-0.3, -0.25) is 9.55 Å². The summed E-state index contributed by atoms with van der Waals surface area (Å²) in [5.74, 6) is -2.28. The molecule has 0 amide bonds. The topological polar surface area (TPSA) is 50.9 Å². The second kappa shape index (κ2) is 15.1. The maximum Gasteiger partial charge on any atom is 0.149 e. The molecule has 0 saturated carbocycles. The molecular formula is C56H57N3O. The Hall–Kier alpha value is -6.26. The van der Waals surface area contributed by atoms with Crippen LogP contribution >= 0.6 is 0 Å². The van der Waals surface area contributed by atoms with Crippen molar-refractivity contribution in [3.05, 3.63) is 167 Å². The van der Waals surface area contributed by atoms with Crippen molar-refractivity contribution in [1.29, 1.82) is 0 Å². The largest absolute Gasteiger partial charge is 0.507 e. The van der Waals surface area contributed by atoms with Crippen LogP contribution in [0, 0.1) is 13.7 Å². The zero-order valence-electron chi connectivity index (χ0n) is 63.5. The van der Waals surface area contributed by atoms with E-state index >= 15 is 0 Å². The first-order valence-corrected chi connectivity index (χ1v) is 18.6. The van der Waals surface area contributed by atoms with E-state index in [-0.39, 0.29) is 56.3 Å². The molecule has 8 aromatic rings. The summed E-state index contributed by atoms with van der Waals surface area (Å²) in [6, 6.07) is 16.1. The smallest absolute Gasteiger partial charge is 0.149 e. The molecule has 0 aliphatic heterocycles. The van der Waals surface area contributed by atoms with Gasteiger partial charge in [0.05, 0.1) is 37.6 Å². The van der Waals surface area contributed by atoms with Gasteiger partial charge in [0.2, 0.25) is 0 Å². The van der Waals surface area contributed by atoms with Crippen LogP contribution in [0.2, 0.25) is 0 Å². The molecule has 0 spiro atoms. The summed E-state index contributed by atoms with van der Waals surface area (Å²) in [5, 5.41) is 13.0. The number of phenols is 1. The van der Waals surface area contributed by atoms with E-state index in [4.69, 9.17) is 46.1 Å². The van der Waals surface area contributed by atoms with E-state index in [1.807, 2.05) is 0 Å². The Morgan fingerprint density at radius 1 is 0.583 bits per heavy atom. The first-order chi connectivity index (χ1) is 41.2. The van der Waals surface area contributed by atoms with Gasteiger partial charge < -0.3 is 5.11 Å². The van der Waals surface area contributed by atoms with Gasteiger partial charge in [-0.2, -0.15) is 0 Å². The number of hydrogen-bond acceptors (Lipinski definition) is 3. The number of para-hydroxylation sites is 1. The van der Waals surface area contributed by atoms with Gasteiger partial charge in [0.25, 0.3) is 0 Å². The van der Waals surface area contributed by atoms with Gasteiger partial charge in [-0.15, -0.1) is 0 Å². The molecular weight excluding hydrogens is 731 g/mol. The van der Waals surface area contributed by atoms with Gasteiger partial charge in [-0.05, 0) is 112 Å². The number of pyridine rings is 1. The molecule has 4 nitrogen and oxygen atoms in total. The molecule has 0 unspecified atom stereocenters. The summed E-state index contributed by atoms with van der Waals surface area (Å²) < 4.78 is 270. The summed E-state index contributed by atoms with van der Waals surface area (Å²) in [6.45, 7) is -26.0. The fourth-order valence-electron chi connectivity index (χ4n) is 7.01. The lowest BCUT2D eigenvalue weighted by atomic mass is 9.79. The lowest BCUT2D eigenvalue weighted by Gasteiger charge is -2.27. The SMILES string of the molecule is [2H]c1nc(-c2cc(-c3cccc4c3nc(-c3cc(C(C([2H])([2H])[2H])(C([2H])([2H])[2H])C([2H])([2H])[2H])cc(C(C([2H])([2H])[2H])(C([2H])([2H])[2H])C([2H])([2H])[2H])c3O)n4-c3ccc(C([2H])([2H])[2H])cc3-c3ccccc3)cc(C(C)(C)C)c2)c([2H])c(-c2c([2H])c([2H])c(C([2H])([2H])[2H])c([2H])c2[2H])c1[2H]. The fraction of sp³-hybridized carbons (Fsp3) is 0.250. The normalized spacial score (nSPS) is 21.6. The van der Waals surface area contributed by atoms with Crippen molar-refractivity contribution in [2.24, 2.45) is 0 Å². The fourth-order valence-corrected chi connectivity index (χ4v) is 7.01. The minimum Gasteiger partial charge on any atom is -0.507 e. The second-order valence-corrected chi connectivity index (χ2v) is 15.5. The van der Waals surface area contributed by atoms with Crippen molar-refractivity contribution in [3.8, 4) is 67.5 Å². The Balaban J connectivity index is 1.63.